The van der Waals surface area contributed by atoms with Crippen LogP contribution in [-0.4, -0.2) is 46.6 Å². The molecule has 2 aromatic rings. The van der Waals surface area contributed by atoms with Crippen molar-refractivity contribution in [3.05, 3.63) is 48.0 Å². The number of hydrogen-bond donors (Lipinski definition) is 2. The topological polar surface area (TPSA) is 84.7 Å². The third-order valence-corrected chi connectivity index (χ3v) is 2.51. The molecule has 6 heteroatoms. The van der Waals surface area contributed by atoms with E-state index in [1.165, 1.54) is 6.20 Å². The van der Waals surface area contributed by atoms with E-state index in [-0.39, 0.29) is 12.4 Å². The summed E-state index contributed by atoms with van der Waals surface area (Å²) in [5, 5.41) is 17.1. The Bertz CT molecular complexity index is 494. The fourth-order valence-electron chi connectivity index (χ4n) is 1.38. The van der Waals surface area contributed by atoms with E-state index in [9.17, 15) is 0 Å². The molecule has 0 radical (unpaired) electrons. The van der Waals surface area contributed by atoms with Gasteiger partial charge < -0.3 is 19.7 Å². The van der Waals surface area contributed by atoms with Crippen molar-refractivity contribution in [3.8, 4) is 11.5 Å². The van der Waals surface area contributed by atoms with Gasteiger partial charge in [-0.15, -0.1) is 0 Å². The zero-order valence-electron chi connectivity index (χ0n) is 12.9. The van der Waals surface area contributed by atoms with Gasteiger partial charge >= 0.3 is 0 Å². The highest BCUT2D eigenvalue weighted by atomic mass is 16.5. The second-order valence-electron chi connectivity index (χ2n) is 4.48. The molecule has 0 unspecified atom stereocenters. The number of pyridine rings is 2. The fraction of sp³-hybridized carbons (Fsp3) is 0.375. The second kappa shape index (κ2) is 10.5. The van der Waals surface area contributed by atoms with Crippen molar-refractivity contribution < 1.29 is 19.7 Å². The molecule has 2 N–H and O–H groups in total. The number of aromatic hydroxyl groups is 1. The summed E-state index contributed by atoms with van der Waals surface area (Å²) in [6.07, 6.45) is 3.11. The number of nitrogens with zero attached hydrogens (tertiary/aromatic N) is 2. The molecule has 0 saturated carbocycles. The molecule has 120 valence electrons. The van der Waals surface area contributed by atoms with Gasteiger partial charge in [-0.2, -0.15) is 0 Å². The molecular formula is C16H22N2O4. The predicted octanol–water partition coefficient (Wildman–Crippen LogP) is 1.87. The van der Waals surface area contributed by atoms with Crippen LogP contribution in [0.3, 0.4) is 0 Å². The molecule has 0 bridgehead atoms. The second-order valence-corrected chi connectivity index (χ2v) is 4.48. The minimum atomic E-state index is 0.0477. The smallest absolute Gasteiger partial charge is 0.137 e. The minimum Gasteiger partial charge on any atom is -0.506 e. The first-order valence-electron chi connectivity index (χ1n) is 6.97. The van der Waals surface area contributed by atoms with Crippen molar-refractivity contribution in [2.45, 2.75) is 13.8 Å². The highest BCUT2D eigenvalue weighted by Crippen LogP contribution is 2.07. The van der Waals surface area contributed by atoms with Gasteiger partial charge in [-0.3, -0.25) is 9.97 Å². The van der Waals surface area contributed by atoms with E-state index in [1.807, 2.05) is 26.0 Å². The van der Waals surface area contributed by atoms with Crippen molar-refractivity contribution >= 4 is 0 Å². The van der Waals surface area contributed by atoms with Crippen LogP contribution in [0.25, 0.3) is 0 Å². The zero-order valence-corrected chi connectivity index (χ0v) is 12.9. The maximum absolute atomic E-state index is 8.69. The fourth-order valence-corrected chi connectivity index (χ4v) is 1.38. The van der Waals surface area contributed by atoms with Gasteiger partial charge in [0.25, 0.3) is 0 Å². The summed E-state index contributed by atoms with van der Waals surface area (Å²) in [6.45, 7) is 5.16. The summed E-state index contributed by atoms with van der Waals surface area (Å²) in [7, 11) is 0. The summed E-state index contributed by atoms with van der Waals surface area (Å²) < 4.78 is 10.4. The molecule has 0 aliphatic heterocycles. The first-order chi connectivity index (χ1) is 10.6. The summed E-state index contributed by atoms with van der Waals surface area (Å²) in [5.74, 6) is 0.957. The number of hydrogen-bond acceptors (Lipinski definition) is 6. The van der Waals surface area contributed by atoms with Crippen LogP contribution in [0.2, 0.25) is 0 Å². The van der Waals surface area contributed by atoms with E-state index >= 15 is 0 Å². The van der Waals surface area contributed by atoms with E-state index in [4.69, 9.17) is 19.7 Å². The molecule has 6 nitrogen and oxygen atoms in total. The molecule has 2 rings (SSSR count). The lowest BCUT2D eigenvalue weighted by Crippen LogP contribution is -2.09. The quantitative estimate of drug-likeness (QED) is 0.793. The normalized spacial score (nSPS) is 9.77. The van der Waals surface area contributed by atoms with Crippen molar-refractivity contribution in [2.24, 2.45) is 0 Å². The van der Waals surface area contributed by atoms with Gasteiger partial charge in [0.05, 0.1) is 32.2 Å². The van der Waals surface area contributed by atoms with E-state index in [0.717, 1.165) is 17.1 Å². The Balaban J connectivity index is 0.000000255. The predicted molar refractivity (Wildman–Crippen MR) is 83.0 cm³/mol. The average Bonchev–Trinajstić information content (AvgIpc) is 2.52. The molecule has 0 aliphatic carbocycles. The molecule has 0 saturated heterocycles. The van der Waals surface area contributed by atoms with E-state index in [0.29, 0.717) is 19.8 Å². The third-order valence-electron chi connectivity index (χ3n) is 2.51. The summed E-state index contributed by atoms with van der Waals surface area (Å²) in [5.41, 5.74) is 1.89. The lowest BCUT2D eigenvalue weighted by Gasteiger charge is -2.05. The number of ether oxygens (including phenoxy) is 2. The van der Waals surface area contributed by atoms with E-state index in [1.54, 1.807) is 18.3 Å². The first kappa shape index (κ1) is 17.9. The molecule has 0 fully saturated rings. The molecule has 22 heavy (non-hydrogen) atoms. The van der Waals surface area contributed by atoms with Gasteiger partial charge in [0.2, 0.25) is 0 Å². The monoisotopic (exact) mass is 306 g/mol. The number of aliphatic hydroxyl groups excluding tert-OH is 1. The van der Waals surface area contributed by atoms with Crippen LogP contribution in [-0.2, 0) is 4.74 Å². The Morgan fingerprint density at radius 1 is 0.909 bits per heavy atom. The zero-order chi connectivity index (χ0) is 16.2. The van der Waals surface area contributed by atoms with Crippen LogP contribution in [0.4, 0.5) is 0 Å². The van der Waals surface area contributed by atoms with Gasteiger partial charge in [0.1, 0.15) is 18.1 Å². The number of aromatic nitrogens is 2. The van der Waals surface area contributed by atoms with Gasteiger partial charge in [0.15, 0.2) is 0 Å². The number of rotatable bonds is 6. The van der Waals surface area contributed by atoms with Gasteiger partial charge in [-0.05, 0) is 38.1 Å². The molecule has 0 spiro atoms. The van der Waals surface area contributed by atoms with E-state index < -0.39 is 0 Å². The molecule has 0 aliphatic rings. The highest BCUT2D eigenvalue weighted by molar-refractivity contribution is 5.19. The Hall–Kier alpha value is -2.18. The lowest BCUT2D eigenvalue weighted by molar-refractivity contribution is 0.0704. The van der Waals surface area contributed by atoms with Crippen molar-refractivity contribution in [1.82, 2.24) is 9.97 Å². The van der Waals surface area contributed by atoms with Crippen molar-refractivity contribution in [2.75, 3.05) is 26.4 Å². The minimum absolute atomic E-state index is 0.0477. The lowest BCUT2D eigenvalue weighted by atomic mass is 10.4. The molecular weight excluding hydrogens is 284 g/mol. The number of aryl methyl sites for hydroxylation is 2. The SMILES string of the molecule is Cc1ccc(O)cn1.Cc1ccc(OCCOCCO)cn1. The molecule has 2 heterocycles. The average molecular weight is 306 g/mol. The molecule has 0 aromatic carbocycles. The number of aliphatic hydroxyl groups is 1. The highest BCUT2D eigenvalue weighted by Gasteiger charge is 1.93. The third kappa shape index (κ3) is 8.18. The summed E-state index contributed by atoms with van der Waals surface area (Å²) >= 11 is 0. The Morgan fingerprint density at radius 2 is 1.59 bits per heavy atom. The van der Waals surface area contributed by atoms with Crippen LogP contribution >= 0.6 is 0 Å². The summed E-state index contributed by atoms with van der Waals surface area (Å²) in [4.78, 5) is 7.92. The van der Waals surface area contributed by atoms with Crippen LogP contribution in [0.1, 0.15) is 11.4 Å². The Labute approximate surface area is 130 Å². The standard InChI is InChI=1S/C10H15NO3.C6H7NO/c1-9-2-3-10(8-11-9)14-7-6-13-5-4-12;1-5-2-3-6(8)4-7-5/h2-3,8,12H,4-7H2,1H3;2-4,8H,1H3. The summed E-state index contributed by atoms with van der Waals surface area (Å²) in [6, 6.07) is 7.13. The van der Waals surface area contributed by atoms with Crippen LogP contribution in [0.5, 0.6) is 11.5 Å². The van der Waals surface area contributed by atoms with Crippen molar-refractivity contribution in [3.63, 3.8) is 0 Å². The Morgan fingerprint density at radius 3 is 2.09 bits per heavy atom. The van der Waals surface area contributed by atoms with Gasteiger partial charge in [-0.25, -0.2) is 0 Å². The largest absolute Gasteiger partial charge is 0.506 e. The van der Waals surface area contributed by atoms with Crippen molar-refractivity contribution in [1.29, 1.82) is 0 Å². The van der Waals surface area contributed by atoms with Gasteiger partial charge in [-0.1, -0.05) is 0 Å². The maximum Gasteiger partial charge on any atom is 0.137 e. The maximum atomic E-state index is 8.69. The van der Waals surface area contributed by atoms with Crippen LogP contribution < -0.4 is 4.74 Å². The van der Waals surface area contributed by atoms with Crippen LogP contribution in [0, 0.1) is 13.8 Å². The van der Waals surface area contributed by atoms with Gasteiger partial charge in [0, 0.05) is 11.4 Å². The molecule has 2 aromatic heterocycles. The van der Waals surface area contributed by atoms with Crippen LogP contribution in [0.15, 0.2) is 36.7 Å². The molecule has 0 amide bonds. The van der Waals surface area contributed by atoms with E-state index in [2.05, 4.69) is 9.97 Å². The first-order valence-corrected chi connectivity index (χ1v) is 6.97. The Kier molecular flexibility index (Phi) is 8.56. The molecule has 0 atom stereocenters.